The van der Waals surface area contributed by atoms with Gasteiger partial charge in [-0.15, -0.1) is 0 Å². The molecular formula is C13H18FNO3. The largest absolute Gasteiger partial charge is 0.508 e. The maximum Gasteiger partial charge on any atom is 0.307 e. The fraction of sp³-hybridized carbons (Fsp3) is 0.462. The van der Waals surface area contributed by atoms with Crippen molar-refractivity contribution in [2.45, 2.75) is 26.3 Å². The number of carbonyl (C=O) groups excluding carboxylic acids is 1. The van der Waals surface area contributed by atoms with Gasteiger partial charge in [0.05, 0.1) is 13.0 Å². The van der Waals surface area contributed by atoms with Gasteiger partial charge in [-0.05, 0) is 19.9 Å². The average Bonchev–Trinajstić information content (AvgIpc) is 2.29. The Morgan fingerprint density at radius 3 is 2.89 bits per heavy atom. The standard InChI is InChI=1S/C13H18FNO3/c1-3-18-13(17)6-7-15-9(2)11-5-4-10(14)8-12(11)16/h4-5,8-9,15-16H,3,6-7H2,1-2H3. The molecular weight excluding hydrogens is 237 g/mol. The Morgan fingerprint density at radius 2 is 2.28 bits per heavy atom. The van der Waals surface area contributed by atoms with Crippen molar-refractivity contribution in [1.29, 1.82) is 0 Å². The van der Waals surface area contributed by atoms with Crippen molar-refractivity contribution in [3.05, 3.63) is 29.6 Å². The lowest BCUT2D eigenvalue weighted by Gasteiger charge is -2.15. The molecule has 4 nitrogen and oxygen atoms in total. The Morgan fingerprint density at radius 1 is 1.56 bits per heavy atom. The molecule has 1 rings (SSSR count). The fourth-order valence-electron chi connectivity index (χ4n) is 1.62. The summed E-state index contributed by atoms with van der Waals surface area (Å²) >= 11 is 0. The van der Waals surface area contributed by atoms with E-state index >= 15 is 0 Å². The van der Waals surface area contributed by atoms with Gasteiger partial charge in [-0.3, -0.25) is 4.79 Å². The van der Waals surface area contributed by atoms with E-state index in [1.807, 2.05) is 6.92 Å². The van der Waals surface area contributed by atoms with Crippen molar-refractivity contribution in [1.82, 2.24) is 5.32 Å². The third-order valence-electron chi connectivity index (χ3n) is 2.54. The highest BCUT2D eigenvalue weighted by molar-refractivity contribution is 5.69. The summed E-state index contributed by atoms with van der Waals surface area (Å²) in [6.07, 6.45) is 0.264. The minimum Gasteiger partial charge on any atom is -0.508 e. The van der Waals surface area contributed by atoms with Crippen LogP contribution in [0, 0.1) is 5.82 Å². The summed E-state index contributed by atoms with van der Waals surface area (Å²) in [4.78, 5) is 11.1. The minimum atomic E-state index is -0.477. The molecule has 0 heterocycles. The summed E-state index contributed by atoms with van der Waals surface area (Å²) in [7, 11) is 0. The van der Waals surface area contributed by atoms with Crippen LogP contribution in [0.3, 0.4) is 0 Å². The molecule has 0 radical (unpaired) electrons. The number of phenolic OH excluding ortho intramolecular Hbond substituents is 1. The highest BCUT2D eigenvalue weighted by atomic mass is 19.1. The summed E-state index contributed by atoms with van der Waals surface area (Å²) in [5, 5.41) is 12.6. The smallest absolute Gasteiger partial charge is 0.307 e. The average molecular weight is 255 g/mol. The number of carbonyl (C=O) groups is 1. The van der Waals surface area contributed by atoms with Crippen molar-refractivity contribution in [2.24, 2.45) is 0 Å². The van der Waals surface area contributed by atoms with E-state index in [-0.39, 0.29) is 24.2 Å². The first-order valence-corrected chi connectivity index (χ1v) is 5.92. The van der Waals surface area contributed by atoms with Crippen LogP contribution in [0.5, 0.6) is 5.75 Å². The van der Waals surface area contributed by atoms with E-state index in [1.54, 1.807) is 6.92 Å². The SMILES string of the molecule is CCOC(=O)CCNC(C)c1ccc(F)cc1O. The molecule has 100 valence electrons. The van der Waals surface area contributed by atoms with Gasteiger partial charge in [0.2, 0.25) is 0 Å². The third-order valence-corrected chi connectivity index (χ3v) is 2.54. The zero-order chi connectivity index (χ0) is 13.5. The predicted octanol–water partition coefficient (Wildman–Crippen LogP) is 2.14. The quantitative estimate of drug-likeness (QED) is 0.765. The summed E-state index contributed by atoms with van der Waals surface area (Å²) in [5.41, 5.74) is 0.597. The highest BCUT2D eigenvalue weighted by Crippen LogP contribution is 2.24. The molecule has 0 saturated heterocycles. The molecule has 0 spiro atoms. The Kier molecular flexibility index (Phi) is 5.58. The summed E-state index contributed by atoms with van der Waals surface area (Å²) < 4.78 is 17.6. The summed E-state index contributed by atoms with van der Waals surface area (Å²) in [6, 6.07) is 3.71. The van der Waals surface area contributed by atoms with Gasteiger partial charge in [-0.25, -0.2) is 4.39 Å². The van der Waals surface area contributed by atoms with E-state index in [4.69, 9.17) is 4.74 Å². The number of ether oxygens (including phenoxy) is 1. The monoisotopic (exact) mass is 255 g/mol. The molecule has 1 unspecified atom stereocenters. The molecule has 1 aromatic carbocycles. The molecule has 18 heavy (non-hydrogen) atoms. The molecule has 1 aromatic rings. The number of hydrogen-bond donors (Lipinski definition) is 2. The van der Waals surface area contributed by atoms with Gasteiger partial charge in [0.1, 0.15) is 11.6 Å². The van der Waals surface area contributed by atoms with Crippen molar-refractivity contribution in [2.75, 3.05) is 13.2 Å². The molecule has 2 N–H and O–H groups in total. The molecule has 0 bridgehead atoms. The first kappa shape index (κ1) is 14.4. The van der Waals surface area contributed by atoms with Crippen LogP contribution in [0.2, 0.25) is 0 Å². The second-order valence-corrected chi connectivity index (χ2v) is 3.93. The number of hydrogen-bond acceptors (Lipinski definition) is 4. The molecule has 1 atom stereocenters. The van der Waals surface area contributed by atoms with Crippen LogP contribution < -0.4 is 5.32 Å². The van der Waals surface area contributed by atoms with Crippen molar-refractivity contribution >= 4 is 5.97 Å². The van der Waals surface area contributed by atoms with Gasteiger partial charge in [-0.1, -0.05) is 6.07 Å². The van der Waals surface area contributed by atoms with E-state index in [2.05, 4.69) is 5.32 Å². The zero-order valence-corrected chi connectivity index (χ0v) is 10.6. The Bertz CT molecular complexity index is 409. The molecule has 0 fully saturated rings. The molecule has 0 saturated carbocycles. The minimum absolute atomic E-state index is 0.0915. The summed E-state index contributed by atoms with van der Waals surface area (Å²) in [6.45, 7) is 4.40. The molecule has 0 aliphatic heterocycles. The van der Waals surface area contributed by atoms with E-state index in [0.717, 1.165) is 6.07 Å². The third kappa shape index (κ3) is 4.33. The number of phenols is 1. The van der Waals surface area contributed by atoms with E-state index in [9.17, 15) is 14.3 Å². The van der Waals surface area contributed by atoms with Crippen LogP contribution in [0.1, 0.15) is 31.9 Å². The van der Waals surface area contributed by atoms with Crippen molar-refractivity contribution < 1.29 is 19.0 Å². The van der Waals surface area contributed by atoms with E-state index < -0.39 is 5.82 Å². The maximum atomic E-state index is 12.8. The molecule has 0 amide bonds. The lowest BCUT2D eigenvalue weighted by molar-refractivity contribution is -0.143. The van der Waals surface area contributed by atoms with Crippen LogP contribution in [-0.2, 0) is 9.53 Å². The van der Waals surface area contributed by atoms with Gasteiger partial charge >= 0.3 is 5.97 Å². The Balaban J connectivity index is 2.45. The second kappa shape index (κ2) is 6.96. The summed E-state index contributed by atoms with van der Waals surface area (Å²) in [5.74, 6) is -0.832. The zero-order valence-electron chi connectivity index (χ0n) is 10.6. The maximum absolute atomic E-state index is 12.8. The van der Waals surface area contributed by atoms with Gasteiger partial charge < -0.3 is 15.2 Å². The van der Waals surface area contributed by atoms with Crippen LogP contribution in [-0.4, -0.2) is 24.2 Å². The lowest BCUT2D eigenvalue weighted by Crippen LogP contribution is -2.22. The van der Waals surface area contributed by atoms with Crippen LogP contribution in [0.4, 0.5) is 4.39 Å². The number of rotatable bonds is 6. The van der Waals surface area contributed by atoms with Gasteiger partial charge in [-0.2, -0.15) is 0 Å². The van der Waals surface area contributed by atoms with Crippen LogP contribution in [0.25, 0.3) is 0 Å². The van der Waals surface area contributed by atoms with Gasteiger partial charge in [0, 0.05) is 24.2 Å². The number of esters is 1. The topological polar surface area (TPSA) is 58.6 Å². The van der Waals surface area contributed by atoms with Gasteiger partial charge in [0.15, 0.2) is 0 Å². The van der Waals surface area contributed by atoms with E-state index in [0.29, 0.717) is 18.7 Å². The molecule has 5 heteroatoms. The predicted molar refractivity (Wildman–Crippen MR) is 65.7 cm³/mol. The van der Waals surface area contributed by atoms with E-state index in [1.165, 1.54) is 12.1 Å². The van der Waals surface area contributed by atoms with Gasteiger partial charge in [0.25, 0.3) is 0 Å². The number of aromatic hydroxyl groups is 1. The number of benzene rings is 1. The lowest BCUT2D eigenvalue weighted by atomic mass is 10.1. The Hall–Kier alpha value is -1.62. The molecule has 0 aliphatic carbocycles. The fourth-order valence-corrected chi connectivity index (χ4v) is 1.62. The van der Waals surface area contributed by atoms with Crippen molar-refractivity contribution in [3.8, 4) is 5.75 Å². The second-order valence-electron chi connectivity index (χ2n) is 3.93. The molecule has 0 aliphatic rings. The van der Waals surface area contributed by atoms with Crippen molar-refractivity contribution in [3.63, 3.8) is 0 Å². The number of nitrogens with one attached hydrogen (secondary N) is 1. The normalized spacial score (nSPS) is 12.2. The number of halogens is 1. The van der Waals surface area contributed by atoms with Crippen LogP contribution >= 0.6 is 0 Å². The first-order valence-electron chi connectivity index (χ1n) is 5.92. The highest BCUT2D eigenvalue weighted by Gasteiger charge is 2.11. The van der Waals surface area contributed by atoms with Crippen LogP contribution in [0.15, 0.2) is 18.2 Å². The Labute approximate surface area is 106 Å². The first-order chi connectivity index (χ1) is 8.54. The molecule has 0 aromatic heterocycles.